The maximum absolute atomic E-state index is 11.0. The van der Waals surface area contributed by atoms with Gasteiger partial charge in [-0.15, -0.1) is 11.8 Å². The largest absolute Gasteiger partial charge is 0.426 e. The van der Waals surface area contributed by atoms with Gasteiger partial charge in [-0.2, -0.15) is 0 Å². The summed E-state index contributed by atoms with van der Waals surface area (Å²) in [5.41, 5.74) is 1.98. The van der Waals surface area contributed by atoms with Gasteiger partial charge in [-0.05, 0) is 37.7 Å². The number of benzene rings is 1. The number of esters is 1. The van der Waals surface area contributed by atoms with Crippen molar-refractivity contribution in [2.24, 2.45) is 4.99 Å². The van der Waals surface area contributed by atoms with E-state index in [2.05, 4.69) is 4.99 Å². The molecule has 3 nitrogen and oxygen atoms in total. The van der Waals surface area contributed by atoms with Gasteiger partial charge in [0.25, 0.3) is 0 Å². The van der Waals surface area contributed by atoms with E-state index in [0.29, 0.717) is 5.75 Å². The molecule has 90 valence electrons. The van der Waals surface area contributed by atoms with E-state index in [4.69, 9.17) is 4.74 Å². The second kappa shape index (κ2) is 5.36. The lowest BCUT2D eigenvalue weighted by Crippen LogP contribution is -2.03. The molecule has 0 fully saturated rings. The molecule has 0 unspecified atom stereocenters. The number of nitrogens with zero attached hydrogens (tertiary/aromatic N) is 1. The average molecular weight is 249 g/mol. The zero-order valence-electron chi connectivity index (χ0n) is 10.0. The standard InChI is InChI=1S/C13H15NO2S/c1-9(15)16-12-7-4-6-11-10(12)5-3-8-13(14-11)17-2/h4,6-7H,3,5,8H2,1-2H3. The molecular formula is C13H15NO2S. The molecule has 1 aromatic carbocycles. The summed E-state index contributed by atoms with van der Waals surface area (Å²) in [6.45, 7) is 1.42. The van der Waals surface area contributed by atoms with Crippen molar-refractivity contribution < 1.29 is 9.53 Å². The average Bonchev–Trinajstić information content (AvgIpc) is 2.50. The number of aliphatic imine (C=N–C) groups is 1. The zero-order chi connectivity index (χ0) is 12.3. The molecule has 0 aliphatic carbocycles. The summed E-state index contributed by atoms with van der Waals surface area (Å²) >= 11 is 1.68. The van der Waals surface area contributed by atoms with Gasteiger partial charge < -0.3 is 4.74 Å². The molecule has 0 bridgehead atoms. The summed E-state index contributed by atoms with van der Waals surface area (Å²) in [5, 5.41) is 1.14. The van der Waals surface area contributed by atoms with E-state index in [9.17, 15) is 4.79 Å². The number of hydrogen-bond donors (Lipinski definition) is 0. The molecule has 0 aromatic heterocycles. The van der Waals surface area contributed by atoms with E-state index < -0.39 is 0 Å². The first-order valence-electron chi connectivity index (χ1n) is 5.62. The molecule has 1 heterocycles. The summed E-state index contributed by atoms with van der Waals surface area (Å²) in [5.74, 6) is 0.373. The molecule has 1 aliphatic rings. The third kappa shape index (κ3) is 2.88. The third-order valence-electron chi connectivity index (χ3n) is 2.66. The molecule has 0 radical (unpaired) electrons. The third-order valence-corrected chi connectivity index (χ3v) is 3.43. The number of carbonyl (C=O) groups excluding carboxylic acids is 1. The van der Waals surface area contributed by atoms with Gasteiger partial charge in [-0.1, -0.05) is 6.07 Å². The van der Waals surface area contributed by atoms with Crippen molar-refractivity contribution in [3.63, 3.8) is 0 Å². The number of carbonyl (C=O) groups is 1. The van der Waals surface area contributed by atoms with Gasteiger partial charge in [0, 0.05) is 12.5 Å². The Morgan fingerprint density at radius 3 is 2.94 bits per heavy atom. The minimum Gasteiger partial charge on any atom is -0.426 e. The minimum absolute atomic E-state index is 0.281. The highest BCUT2D eigenvalue weighted by Crippen LogP contribution is 2.34. The SMILES string of the molecule is CSC1=Nc2cccc(OC(C)=O)c2CCC1. The number of thioether (sulfide) groups is 1. The van der Waals surface area contributed by atoms with Crippen LogP contribution in [0.4, 0.5) is 5.69 Å². The van der Waals surface area contributed by atoms with Crippen LogP contribution < -0.4 is 4.74 Å². The Morgan fingerprint density at radius 2 is 2.24 bits per heavy atom. The first-order valence-corrected chi connectivity index (χ1v) is 6.85. The van der Waals surface area contributed by atoms with Crippen molar-refractivity contribution >= 4 is 28.5 Å². The van der Waals surface area contributed by atoms with Crippen LogP contribution in [0.25, 0.3) is 0 Å². The fourth-order valence-electron chi connectivity index (χ4n) is 1.91. The summed E-state index contributed by atoms with van der Waals surface area (Å²) in [6.07, 6.45) is 4.99. The van der Waals surface area contributed by atoms with Gasteiger partial charge in [0.15, 0.2) is 0 Å². The van der Waals surface area contributed by atoms with E-state index in [1.54, 1.807) is 11.8 Å². The lowest BCUT2D eigenvalue weighted by molar-refractivity contribution is -0.131. The van der Waals surface area contributed by atoms with Crippen molar-refractivity contribution in [3.05, 3.63) is 23.8 Å². The Hall–Kier alpha value is -1.29. The van der Waals surface area contributed by atoms with Gasteiger partial charge in [0.05, 0.1) is 10.7 Å². The number of ether oxygens (including phenoxy) is 1. The maximum Gasteiger partial charge on any atom is 0.308 e. The summed E-state index contributed by atoms with van der Waals surface area (Å²) in [7, 11) is 0. The fourth-order valence-corrected chi connectivity index (χ4v) is 2.45. The van der Waals surface area contributed by atoms with Crippen LogP contribution in [0, 0.1) is 0 Å². The van der Waals surface area contributed by atoms with Gasteiger partial charge in [-0.25, -0.2) is 4.99 Å². The van der Waals surface area contributed by atoms with Crippen molar-refractivity contribution in [1.29, 1.82) is 0 Å². The fraction of sp³-hybridized carbons (Fsp3) is 0.385. The smallest absolute Gasteiger partial charge is 0.308 e. The predicted molar refractivity (Wildman–Crippen MR) is 71.3 cm³/mol. The van der Waals surface area contributed by atoms with Crippen LogP contribution in [0.15, 0.2) is 23.2 Å². The van der Waals surface area contributed by atoms with Crippen molar-refractivity contribution in [2.75, 3.05) is 6.26 Å². The Bertz CT molecular complexity index is 468. The maximum atomic E-state index is 11.0. The lowest BCUT2D eigenvalue weighted by atomic mass is 10.1. The molecule has 0 spiro atoms. The summed E-state index contributed by atoms with van der Waals surface area (Å²) in [6, 6.07) is 5.69. The molecule has 4 heteroatoms. The number of rotatable bonds is 1. The molecule has 17 heavy (non-hydrogen) atoms. The van der Waals surface area contributed by atoms with Crippen LogP contribution in [0.3, 0.4) is 0 Å². The van der Waals surface area contributed by atoms with E-state index in [1.165, 1.54) is 6.92 Å². The van der Waals surface area contributed by atoms with E-state index in [0.717, 1.165) is 35.6 Å². The van der Waals surface area contributed by atoms with Crippen molar-refractivity contribution in [1.82, 2.24) is 0 Å². The second-order valence-corrected chi connectivity index (χ2v) is 4.79. The van der Waals surface area contributed by atoms with Crippen molar-refractivity contribution in [2.45, 2.75) is 26.2 Å². The molecular weight excluding hydrogens is 234 g/mol. The van der Waals surface area contributed by atoms with Crippen LogP contribution in [-0.2, 0) is 11.2 Å². The number of hydrogen-bond acceptors (Lipinski definition) is 4. The van der Waals surface area contributed by atoms with Gasteiger partial charge in [0.2, 0.25) is 0 Å². The van der Waals surface area contributed by atoms with Gasteiger partial charge in [0.1, 0.15) is 5.75 Å². The Labute approximate surface area is 105 Å². The number of fused-ring (bicyclic) bond motifs is 1. The highest BCUT2D eigenvalue weighted by molar-refractivity contribution is 8.13. The van der Waals surface area contributed by atoms with Crippen LogP contribution in [0.5, 0.6) is 5.75 Å². The molecule has 0 atom stereocenters. The molecule has 0 saturated heterocycles. The van der Waals surface area contributed by atoms with Gasteiger partial charge in [-0.3, -0.25) is 4.79 Å². The molecule has 1 aromatic rings. The molecule has 2 rings (SSSR count). The Kier molecular flexibility index (Phi) is 3.84. The second-order valence-electron chi connectivity index (χ2n) is 3.91. The van der Waals surface area contributed by atoms with E-state index >= 15 is 0 Å². The van der Waals surface area contributed by atoms with Crippen LogP contribution in [0.2, 0.25) is 0 Å². The first kappa shape index (κ1) is 12.2. The quantitative estimate of drug-likeness (QED) is 0.566. The topological polar surface area (TPSA) is 38.7 Å². The Balaban J connectivity index is 2.41. The van der Waals surface area contributed by atoms with E-state index in [-0.39, 0.29) is 5.97 Å². The molecule has 0 N–H and O–H groups in total. The predicted octanol–water partition coefficient (Wildman–Crippen LogP) is 3.34. The lowest BCUT2D eigenvalue weighted by Gasteiger charge is -2.09. The summed E-state index contributed by atoms with van der Waals surface area (Å²) < 4.78 is 5.22. The van der Waals surface area contributed by atoms with Gasteiger partial charge >= 0.3 is 5.97 Å². The highest BCUT2D eigenvalue weighted by Gasteiger charge is 2.14. The molecule has 0 saturated carbocycles. The minimum atomic E-state index is -0.281. The molecule has 0 amide bonds. The van der Waals surface area contributed by atoms with Crippen LogP contribution in [-0.4, -0.2) is 17.3 Å². The monoisotopic (exact) mass is 249 g/mol. The summed E-state index contributed by atoms with van der Waals surface area (Å²) in [4.78, 5) is 15.7. The van der Waals surface area contributed by atoms with Crippen LogP contribution >= 0.6 is 11.8 Å². The Morgan fingerprint density at radius 1 is 1.41 bits per heavy atom. The van der Waals surface area contributed by atoms with Crippen LogP contribution in [0.1, 0.15) is 25.3 Å². The first-order chi connectivity index (χ1) is 8.20. The zero-order valence-corrected chi connectivity index (χ0v) is 10.8. The molecule has 1 aliphatic heterocycles. The normalized spacial score (nSPS) is 14.6. The van der Waals surface area contributed by atoms with E-state index in [1.807, 2.05) is 24.5 Å². The highest BCUT2D eigenvalue weighted by atomic mass is 32.2. The van der Waals surface area contributed by atoms with Crippen molar-refractivity contribution in [3.8, 4) is 5.75 Å².